The summed E-state index contributed by atoms with van der Waals surface area (Å²) < 4.78 is 12.5. The van der Waals surface area contributed by atoms with Gasteiger partial charge in [0.25, 0.3) is 0 Å². The first-order chi connectivity index (χ1) is 22.8. The van der Waals surface area contributed by atoms with Gasteiger partial charge in [0.05, 0.1) is 0 Å². The van der Waals surface area contributed by atoms with Crippen molar-refractivity contribution in [1.29, 1.82) is 0 Å². The van der Waals surface area contributed by atoms with E-state index in [1.165, 1.54) is 0 Å². The van der Waals surface area contributed by atoms with Crippen LogP contribution >= 0.6 is 0 Å². The van der Waals surface area contributed by atoms with E-state index < -0.39 is 0 Å². The zero-order valence-corrected chi connectivity index (χ0v) is 24.5. The molecule has 0 fully saturated rings. The SMILES string of the molecule is c1ccc(-c2nc(-c3ccccc3)nc(-c3cccc4oc5ccc(-c6ccc7nc(-c8ccccc8)oc7c6)cc5c34)n2)cc1. The third-order valence-electron chi connectivity index (χ3n) is 8.18. The van der Waals surface area contributed by atoms with E-state index in [1.807, 2.05) is 121 Å². The first-order valence-corrected chi connectivity index (χ1v) is 15.1. The lowest BCUT2D eigenvalue weighted by Crippen LogP contribution is -2.00. The second-order valence-corrected chi connectivity index (χ2v) is 11.1. The standard InChI is InChI=1S/C40H24N4O2/c1-4-11-25(12-5-1)37-42-38(26-13-6-2-7-14-26)44-39(43-37)30-17-10-18-34-36(30)31-23-28(20-22-33(31)45-34)29-19-21-32-35(24-29)46-40(41-32)27-15-8-3-9-16-27/h1-24H. The Morgan fingerprint density at radius 1 is 0.370 bits per heavy atom. The van der Waals surface area contributed by atoms with E-state index in [4.69, 9.17) is 28.8 Å². The molecule has 6 nitrogen and oxygen atoms in total. The van der Waals surface area contributed by atoms with Crippen LogP contribution in [0, 0.1) is 0 Å². The van der Waals surface area contributed by atoms with Crippen LogP contribution in [0.15, 0.2) is 154 Å². The van der Waals surface area contributed by atoms with Gasteiger partial charge in [-0.25, -0.2) is 19.9 Å². The van der Waals surface area contributed by atoms with Gasteiger partial charge in [0.1, 0.15) is 16.7 Å². The van der Waals surface area contributed by atoms with Crippen molar-refractivity contribution in [3.8, 4) is 56.7 Å². The van der Waals surface area contributed by atoms with Crippen LogP contribution in [0.5, 0.6) is 0 Å². The van der Waals surface area contributed by atoms with Gasteiger partial charge in [0.15, 0.2) is 23.1 Å². The number of fused-ring (bicyclic) bond motifs is 4. The molecule has 0 saturated heterocycles. The summed E-state index contributed by atoms with van der Waals surface area (Å²) in [4.78, 5) is 19.6. The zero-order valence-electron chi connectivity index (χ0n) is 24.5. The summed E-state index contributed by atoms with van der Waals surface area (Å²) in [5, 5.41) is 1.93. The predicted octanol–water partition coefficient (Wildman–Crippen LogP) is 10.2. The van der Waals surface area contributed by atoms with Gasteiger partial charge in [0.2, 0.25) is 5.89 Å². The second-order valence-electron chi connectivity index (χ2n) is 11.1. The fourth-order valence-electron chi connectivity index (χ4n) is 5.93. The lowest BCUT2D eigenvalue weighted by atomic mass is 10.0. The summed E-state index contributed by atoms with van der Waals surface area (Å²) in [5.74, 6) is 2.43. The van der Waals surface area contributed by atoms with E-state index in [1.54, 1.807) is 0 Å². The highest BCUT2D eigenvalue weighted by Gasteiger charge is 2.18. The van der Waals surface area contributed by atoms with Crippen molar-refractivity contribution in [3.63, 3.8) is 0 Å². The van der Waals surface area contributed by atoms with Gasteiger partial charge in [-0.2, -0.15) is 0 Å². The third kappa shape index (κ3) is 4.52. The molecule has 0 bridgehead atoms. The van der Waals surface area contributed by atoms with Crippen LogP contribution in [0.2, 0.25) is 0 Å². The lowest BCUT2D eigenvalue weighted by molar-refractivity contribution is 0.620. The van der Waals surface area contributed by atoms with Crippen LogP contribution in [-0.2, 0) is 0 Å². The molecule has 216 valence electrons. The van der Waals surface area contributed by atoms with Crippen molar-refractivity contribution in [3.05, 3.63) is 146 Å². The van der Waals surface area contributed by atoms with Crippen LogP contribution in [0.1, 0.15) is 0 Å². The zero-order chi connectivity index (χ0) is 30.5. The minimum Gasteiger partial charge on any atom is -0.456 e. The summed E-state index contributed by atoms with van der Waals surface area (Å²) >= 11 is 0. The van der Waals surface area contributed by atoms with Crippen molar-refractivity contribution in [2.75, 3.05) is 0 Å². The van der Waals surface area contributed by atoms with E-state index in [9.17, 15) is 0 Å². The molecule has 0 radical (unpaired) electrons. The molecule has 6 heteroatoms. The Labute approximate surface area is 263 Å². The van der Waals surface area contributed by atoms with Gasteiger partial charge in [-0.3, -0.25) is 0 Å². The van der Waals surface area contributed by atoms with Crippen molar-refractivity contribution in [2.45, 2.75) is 0 Å². The molecule has 9 rings (SSSR count). The monoisotopic (exact) mass is 592 g/mol. The van der Waals surface area contributed by atoms with E-state index in [-0.39, 0.29) is 0 Å². The van der Waals surface area contributed by atoms with E-state index in [2.05, 4.69) is 24.3 Å². The molecule has 0 aliphatic rings. The molecule has 0 N–H and O–H groups in total. The number of hydrogen-bond acceptors (Lipinski definition) is 6. The Balaban J connectivity index is 1.20. The van der Waals surface area contributed by atoms with Gasteiger partial charge >= 0.3 is 0 Å². The number of aromatic nitrogens is 4. The largest absolute Gasteiger partial charge is 0.456 e. The van der Waals surface area contributed by atoms with Crippen LogP contribution in [0.3, 0.4) is 0 Å². The Hall–Kier alpha value is -6.40. The molecular weight excluding hydrogens is 568 g/mol. The van der Waals surface area contributed by atoms with Crippen molar-refractivity contribution in [2.24, 2.45) is 0 Å². The molecule has 0 saturated carbocycles. The normalized spacial score (nSPS) is 11.5. The molecule has 3 heterocycles. The number of oxazole rings is 1. The van der Waals surface area contributed by atoms with Gasteiger partial charge in [-0.05, 0) is 53.6 Å². The van der Waals surface area contributed by atoms with Crippen LogP contribution in [0.25, 0.3) is 89.8 Å². The second kappa shape index (κ2) is 10.6. The van der Waals surface area contributed by atoms with Crippen LogP contribution in [-0.4, -0.2) is 19.9 Å². The first kappa shape index (κ1) is 26.0. The lowest BCUT2D eigenvalue weighted by Gasteiger charge is -2.09. The molecule has 0 atom stereocenters. The minimum atomic E-state index is 0.586. The van der Waals surface area contributed by atoms with Crippen LogP contribution in [0.4, 0.5) is 0 Å². The highest BCUT2D eigenvalue weighted by molar-refractivity contribution is 6.12. The van der Waals surface area contributed by atoms with Gasteiger partial charge in [-0.15, -0.1) is 0 Å². The fourth-order valence-corrected chi connectivity index (χ4v) is 5.93. The predicted molar refractivity (Wildman–Crippen MR) is 182 cm³/mol. The van der Waals surface area contributed by atoms with Crippen molar-refractivity contribution < 1.29 is 8.83 Å². The molecule has 0 unspecified atom stereocenters. The van der Waals surface area contributed by atoms with E-state index in [0.717, 1.165) is 66.4 Å². The smallest absolute Gasteiger partial charge is 0.227 e. The van der Waals surface area contributed by atoms with Gasteiger partial charge in [0, 0.05) is 33.0 Å². The van der Waals surface area contributed by atoms with Gasteiger partial charge < -0.3 is 8.83 Å². The highest BCUT2D eigenvalue weighted by Crippen LogP contribution is 2.39. The summed E-state index contributed by atoms with van der Waals surface area (Å²) in [7, 11) is 0. The van der Waals surface area contributed by atoms with Crippen molar-refractivity contribution in [1.82, 2.24) is 19.9 Å². The molecule has 0 aliphatic carbocycles. The Kier molecular flexibility index (Phi) is 6.03. The molecule has 9 aromatic rings. The average molecular weight is 593 g/mol. The number of nitrogens with zero attached hydrogens (tertiary/aromatic N) is 4. The summed E-state index contributed by atoms with van der Waals surface area (Å²) in [6, 6.07) is 48.4. The maximum Gasteiger partial charge on any atom is 0.227 e. The highest BCUT2D eigenvalue weighted by atomic mass is 16.3. The number of furan rings is 1. The first-order valence-electron chi connectivity index (χ1n) is 15.1. The minimum absolute atomic E-state index is 0.586. The third-order valence-corrected chi connectivity index (χ3v) is 8.18. The summed E-state index contributed by atoms with van der Waals surface area (Å²) in [6.07, 6.45) is 0. The number of hydrogen-bond donors (Lipinski definition) is 0. The molecule has 46 heavy (non-hydrogen) atoms. The number of rotatable bonds is 5. The Bertz CT molecular complexity index is 2460. The molecule has 0 amide bonds. The van der Waals surface area contributed by atoms with E-state index in [0.29, 0.717) is 23.4 Å². The number of benzene rings is 6. The van der Waals surface area contributed by atoms with Crippen LogP contribution < -0.4 is 0 Å². The molecule has 0 spiro atoms. The maximum atomic E-state index is 6.36. The molecule has 6 aromatic carbocycles. The summed E-state index contributed by atoms with van der Waals surface area (Å²) in [6.45, 7) is 0. The molecular formula is C40H24N4O2. The Morgan fingerprint density at radius 3 is 1.67 bits per heavy atom. The quantitative estimate of drug-likeness (QED) is 0.198. The van der Waals surface area contributed by atoms with E-state index >= 15 is 0 Å². The fraction of sp³-hybridized carbons (Fsp3) is 0. The molecule has 3 aromatic heterocycles. The molecule has 0 aliphatic heterocycles. The Morgan fingerprint density at radius 2 is 0.978 bits per heavy atom. The van der Waals surface area contributed by atoms with Gasteiger partial charge in [-0.1, -0.05) is 103 Å². The maximum absolute atomic E-state index is 6.36. The average Bonchev–Trinajstić information content (AvgIpc) is 3.74. The summed E-state index contributed by atoms with van der Waals surface area (Å²) in [5.41, 5.74) is 8.85. The topological polar surface area (TPSA) is 77.8 Å². The van der Waals surface area contributed by atoms with Crippen molar-refractivity contribution >= 4 is 33.0 Å².